The van der Waals surface area contributed by atoms with Gasteiger partial charge in [0.15, 0.2) is 0 Å². The number of carbonyl (C=O) groups is 2. The van der Waals surface area contributed by atoms with E-state index < -0.39 is 17.7 Å². The fourth-order valence-corrected chi connectivity index (χ4v) is 4.28. The van der Waals surface area contributed by atoms with Crippen molar-refractivity contribution >= 4 is 17.4 Å². The van der Waals surface area contributed by atoms with E-state index in [4.69, 9.17) is 9.47 Å². The van der Waals surface area contributed by atoms with Crippen LogP contribution in [0.3, 0.4) is 0 Å². The predicted octanol–water partition coefficient (Wildman–Crippen LogP) is 3.39. The molecule has 0 spiro atoms. The van der Waals surface area contributed by atoms with E-state index >= 15 is 0 Å². The van der Waals surface area contributed by atoms with Crippen LogP contribution < -0.4 is 9.47 Å². The highest BCUT2D eigenvalue weighted by Gasteiger charge is 2.46. The van der Waals surface area contributed by atoms with Crippen LogP contribution in [0.4, 0.5) is 0 Å². The normalized spacial score (nSPS) is 19.3. The molecule has 0 aliphatic carbocycles. The van der Waals surface area contributed by atoms with Gasteiger partial charge in [-0.15, -0.1) is 0 Å². The number of amides is 1. The van der Waals surface area contributed by atoms with Gasteiger partial charge in [0.05, 0.1) is 24.3 Å². The Labute approximate surface area is 194 Å². The highest BCUT2D eigenvalue weighted by molar-refractivity contribution is 6.46. The number of ether oxygens (including phenoxy) is 2. The molecule has 2 heterocycles. The minimum atomic E-state index is -0.704. The second-order valence-electron chi connectivity index (χ2n) is 8.96. The van der Waals surface area contributed by atoms with Crippen LogP contribution in [0.1, 0.15) is 36.6 Å². The molecule has 7 nitrogen and oxygen atoms in total. The summed E-state index contributed by atoms with van der Waals surface area (Å²) in [7, 11) is 3.82. The fraction of sp³-hybridized carbons (Fsp3) is 0.385. The Kier molecular flexibility index (Phi) is 6.42. The van der Waals surface area contributed by atoms with Gasteiger partial charge in [-0.3, -0.25) is 9.59 Å². The number of benzene rings is 2. The topological polar surface area (TPSA) is 79.3 Å². The second-order valence-corrected chi connectivity index (χ2v) is 8.96. The van der Waals surface area contributed by atoms with Gasteiger partial charge >= 0.3 is 0 Å². The number of carbonyl (C=O) groups excluding carboxylic acids is 2. The third kappa shape index (κ3) is 4.59. The van der Waals surface area contributed by atoms with E-state index in [0.29, 0.717) is 31.0 Å². The summed E-state index contributed by atoms with van der Waals surface area (Å²) in [4.78, 5) is 29.7. The van der Waals surface area contributed by atoms with Gasteiger partial charge < -0.3 is 24.4 Å². The molecule has 2 aliphatic heterocycles. The number of aliphatic hydroxyl groups is 1. The van der Waals surface area contributed by atoms with Crippen LogP contribution in [0.25, 0.3) is 5.76 Å². The monoisotopic (exact) mass is 450 g/mol. The number of aliphatic hydroxyl groups excluding tert-OH is 1. The maximum atomic E-state index is 13.2. The average molecular weight is 451 g/mol. The molecule has 33 heavy (non-hydrogen) atoms. The van der Waals surface area contributed by atoms with Gasteiger partial charge in [0.25, 0.3) is 11.7 Å². The minimum Gasteiger partial charge on any atom is -0.507 e. The van der Waals surface area contributed by atoms with Crippen LogP contribution in [-0.4, -0.2) is 66.5 Å². The number of ketones is 1. The van der Waals surface area contributed by atoms with Gasteiger partial charge in [-0.1, -0.05) is 12.1 Å². The van der Waals surface area contributed by atoms with Crippen molar-refractivity contribution in [1.82, 2.24) is 9.80 Å². The number of rotatable bonds is 7. The number of fused-ring (bicyclic) bond motifs is 1. The molecule has 1 atom stereocenters. The van der Waals surface area contributed by atoms with Crippen molar-refractivity contribution in [2.24, 2.45) is 0 Å². The highest BCUT2D eigenvalue weighted by Crippen LogP contribution is 2.41. The Hall–Kier alpha value is -3.32. The van der Waals surface area contributed by atoms with E-state index in [1.54, 1.807) is 17.0 Å². The zero-order valence-electron chi connectivity index (χ0n) is 19.5. The molecule has 2 aromatic rings. The summed E-state index contributed by atoms with van der Waals surface area (Å²) in [6, 6.07) is 12.0. The molecular formula is C26H30N2O5. The lowest BCUT2D eigenvalue weighted by molar-refractivity contribution is -0.140. The van der Waals surface area contributed by atoms with Crippen molar-refractivity contribution in [2.45, 2.75) is 32.4 Å². The molecule has 1 unspecified atom stereocenters. The van der Waals surface area contributed by atoms with E-state index in [0.717, 1.165) is 23.3 Å². The van der Waals surface area contributed by atoms with Gasteiger partial charge in [-0.25, -0.2) is 0 Å². The fourth-order valence-electron chi connectivity index (χ4n) is 4.28. The summed E-state index contributed by atoms with van der Waals surface area (Å²) in [6.45, 7) is 5.41. The second kappa shape index (κ2) is 9.27. The number of hydrogen-bond acceptors (Lipinski definition) is 6. The summed E-state index contributed by atoms with van der Waals surface area (Å²) in [6.07, 6.45) is 0.722. The van der Waals surface area contributed by atoms with Crippen LogP contribution in [0.5, 0.6) is 11.5 Å². The quantitative estimate of drug-likeness (QED) is 0.396. The van der Waals surface area contributed by atoms with Gasteiger partial charge in [0, 0.05) is 25.1 Å². The summed E-state index contributed by atoms with van der Waals surface area (Å²) in [5.41, 5.74) is 2.30. The highest BCUT2D eigenvalue weighted by atomic mass is 16.5. The maximum Gasteiger partial charge on any atom is 0.295 e. The van der Waals surface area contributed by atoms with Crippen LogP contribution >= 0.6 is 0 Å². The third-order valence-corrected chi connectivity index (χ3v) is 5.84. The van der Waals surface area contributed by atoms with Crippen molar-refractivity contribution in [1.29, 1.82) is 0 Å². The molecule has 2 aliphatic rings. The number of Topliss-reactive ketones (excluding diaryl/α,β-unsaturated/α-hetero) is 1. The number of hydrogen-bond donors (Lipinski definition) is 1. The molecule has 2 aromatic carbocycles. The van der Waals surface area contributed by atoms with Gasteiger partial charge in [-0.05, 0) is 69.4 Å². The summed E-state index contributed by atoms with van der Waals surface area (Å²) < 4.78 is 11.4. The van der Waals surface area contributed by atoms with Crippen molar-refractivity contribution in [3.05, 3.63) is 64.7 Å². The largest absolute Gasteiger partial charge is 0.507 e. The molecule has 1 N–H and O–H groups in total. The van der Waals surface area contributed by atoms with E-state index in [2.05, 4.69) is 0 Å². The van der Waals surface area contributed by atoms with E-state index in [1.807, 2.05) is 63.2 Å². The van der Waals surface area contributed by atoms with Crippen molar-refractivity contribution in [3.8, 4) is 11.5 Å². The molecule has 0 radical (unpaired) electrons. The minimum absolute atomic E-state index is 0.0195. The molecule has 174 valence electrons. The Morgan fingerprint density at radius 1 is 1.21 bits per heavy atom. The first kappa shape index (κ1) is 22.9. The molecule has 0 aromatic heterocycles. The lowest BCUT2D eigenvalue weighted by Gasteiger charge is -2.27. The lowest BCUT2D eigenvalue weighted by atomic mass is 9.94. The summed E-state index contributed by atoms with van der Waals surface area (Å²) in [5, 5.41) is 11.3. The molecule has 1 fully saturated rings. The molecule has 0 bridgehead atoms. The van der Waals surface area contributed by atoms with Gasteiger partial charge in [0.1, 0.15) is 17.3 Å². The van der Waals surface area contributed by atoms with Crippen LogP contribution in [-0.2, 0) is 16.0 Å². The molecule has 1 saturated heterocycles. The standard InChI is InChI=1S/C26H30N2O5/c1-16(2)33-20-7-5-6-18(15-20)23-22(25(30)26(31)28(23)12-11-27(3)4)24(29)19-8-9-21-17(14-19)10-13-32-21/h5-9,14-16,23,29H,10-13H2,1-4H3/b24-22-. The Balaban J connectivity index is 1.82. The maximum absolute atomic E-state index is 13.2. The molecular weight excluding hydrogens is 420 g/mol. The number of nitrogens with zero attached hydrogens (tertiary/aromatic N) is 2. The van der Waals surface area contributed by atoms with Crippen molar-refractivity contribution in [3.63, 3.8) is 0 Å². The Morgan fingerprint density at radius 2 is 2.00 bits per heavy atom. The lowest BCUT2D eigenvalue weighted by Crippen LogP contribution is -2.35. The van der Waals surface area contributed by atoms with Gasteiger partial charge in [0.2, 0.25) is 0 Å². The van der Waals surface area contributed by atoms with E-state index in [1.165, 1.54) is 0 Å². The summed E-state index contributed by atoms with van der Waals surface area (Å²) in [5.74, 6) is -0.0229. The van der Waals surface area contributed by atoms with E-state index in [-0.39, 0.29) is 17.4 Å². The molecule has 4 rings (SSSR count). The Morgan fingerprint density at radius 3 is 2.73 bits per heavy atom. The molecule has 1 amide bonds. The summed E-state index contributed by atoms with van der Waals surface area (Å²) >= 11 is 0. The first-order valence-electron chi connectivity index (χ1n) is 11.2. The smallest absolute Gasteiger partial charge is 0.295 e. The number of likely N-dealkylation sites (N-methyl/N-ethyl adjacent to an activating group) is 1. The van der Waals surface area contributed by atoms with Crippen molar-refractivity contribution in [2.75, 3.05) is 33.8 Å². The predicted molar refractivity (Wildman–Crippen MR) is 125 cm³/mol. The molecule has 7 heteroatoms. The first-order valence-corrected chi connectivity index (χ1v) is 11.2. The first-order chi connectivity index (χ1) is 15.8. The average Bonchev–Trinajstić information content (AvgIpc) is 3.34. The van der Waals surface area contributed by atoms with Crippen LogP contribution in [0.15, 0.2) is 48.0 Å². The Bertz CT molecular complexity index is 1110. The zero-order chi connectivity index (χ0) is 23.7. The van der Waals surface area contributed by atoms with Crippen LogP contribution in [0.2, 0.25) is 0 Å². The van der Waals surface area contributed by atoms with E-state index in [9.17, 15) is 14.7 Å². The van der Waals surface area contributed by atoms with Gasteiger partial charge in [-0.2, -0.15) is 0 Å². The SMILES string of the molecule is CC(C)Oc1cccc(C2/C(=C(/O)c3ccc4c(c3)CCO4)C(=O)C(=O)N2CCN(C)C)c1. The zero-order valence-corrected chi connectivity index (χ0v) is 19.5. The number of likely N-dealkylation sites (tertiary alicyclic amines) is 1. The molecule has 0 saturated carbocycles. The van der Waals surface area contributed by atoms with Crippen LogP contribution in [0, 0.1) is 0 Å². The third-order valence-electron chi connectivity index (χ3n) is 5.84. The van der Waals surface area contributed by atoms with Crippen molar-refractivity contribution < 1.29 is 24.2 Å².